The number of thioether (sulfide) groups is 1. The standard InChI is InChI=1S/C17H21N3O4S3/c1-4-23-15(22)13-11(10-5-6-10)7-25-14(13)18-12(21)8-26-17-20-19-16(27-17)24-9(2)3/h7,9-10H,4-6,8H2,1-3H3,(H,18,21). The minimum atomic E-state index is -0.372. The number of esters is 1. The Morgan fingerprint density at radius 2 is 2.15 bits per heavy atom. The van der Waals surface area contributed by atoms with Gasteiger partial charge in [0.25, 0.3) is 5.19 Å². The molecule has 146 valence electrons. The lowest BCUT2D eigenvalue weighted by molar-refractivity contribution is -0.113. The molecule has 27 heavy (non-hydrogen) atoms. The number of nitrogens with one attached hydrogen (secondary N) is 1. The van der Waals surface area contributed by atoms with E-state index in [-0.39, 0.29) is 23.7 Å². The van der Waals surface area contributed by atoms with Crippen LogP contribution in [0.4, 0.5) is 5.00 Å². The molecule has 0 spiro atoms. The van der Waals surface area contributed by atoms with Crippen molar-refractivity contribution in [2.24, 2.45) is 0 Å². The summed E-state index contributed by atoms with van der Waals surface area (Å²) in [4.78, 5) is 24.7. The fraction of sp³-hybridized carbons (Fsp3) is 0.529. The molecule has 7 nitrogen and oxygen atoms in total. The summed E-state index contributed by atoms with van der Waals surface area (Å²) in [5.41, 5.74) is 1.49. The Bertz CT molecular complexity index is 814. The highest BCUT2D eigenvalue weighted by Crippen LogP contribution is 2.46. The number of carbonyl (C=O) groups is 2. The third-order valence-electron chi connectivity index (χ3n) is 3.62. The van der Waals surface area contributed by atoms with Crippen molar-refractivity contribution in [1.82, 2.24) is 10.2 Å². The Morgan fingerprint density at radius 1 is 1.37 bits per heavy atom. The second-order valence-electron chi connectivity index (χ2n) is 6.23. The summed E-state index contributed by atoms with van der Waals surface area (Å²) in [5.74, 6) is 0.0100. The minimum Gasteiger partial charge on any atom is -0.466 e. The van der Waals surface area contributed by atoms with Gasteiger partial charge in [-0.25, -0.2) is 4.79 Å². The van der Waals surface area contributed by atoms with E-state index in [1.54, 1.807) is 6.92 Å². The third kappa shape index (κ3) is 5.43. The SMILES string of the molecule is CCOC(=O)c1c(C2CC2)csc1NC(=O)CSc1nnc(OC(C)C)s1. The van der Waals surface area contributed by atoms with Crippen LogP contribution in [0, 0.1) is 0 Å². The summed E-state index contributed by atoms with van der Waals surface area (Å²) >= 11 is 3.97. The molecule has 0 saturated heterocycles. The molecule has 2 heterocycles. The van der Waals surface area contributed by atoms with Crippen LogP contribution in [0.5, 0.6) is 5.19 Å². The predicted octanol–water partition coefficient (Wildman–Crippen LogP) is 4.17. The lowest BCUT2D eigenvalue weighted by atomic mass is 10.1. The Morgan fingerprint density at radius 3 is 2.81 bits per heavy atom. The molecule has 0 radical (unpaired) electrons. The van der Waals surface area contributed by atoms with Crippen LogP contribution < -0.4 is 10.1 Å². The number of amides is 1. The highest BCUT2D eigenvalue weighted by Gasteiger charge is 2.32. The summed E-state index contributed by atoms with van der Waals surface area (Å²) in [6.45, 7) is 5.91. The quantitative estimate of drug-likeness (QED) is 0.474. The van der Waals surface area contributed by atoms with Gasteiger partial charge >= 0.3 is 5.97 Å². The van der Waals surface area contributed by atoms with E-state index in [4.69, 9.17) is 9.47 Å². The molecule has 1 fully saturated rings. The van der Waals surface area contributed by atoms with E-state index in [2.05, 4.69) is 15.5 Å². The van der Waals surface area contributed by atoms with Crippen molar-refractivity contribution in [3.8, 4) is 5.19 Å². The Hall–Kier alpha value is -1.65. The Balaban J connectivity index is 1.60. The highest BCUT2D eigenvalue weighted by atomic mass is 32.2. The lowest BCUT2D eigenvalue weighted by Gasteiger charge is -2.07. The van der Waals surface area contributed by atoms with Gasteiger partial charge in [-0.05, 0) is 61.8 Å². The van der Waals surface area contributed by atoms with Gasteiger partial charge in [-0.1, -0.05) is 16.9 Å². The van der Waals surface area contributed by atoms with Gasteiger partial charge in [0.15, 0.2) is 4.34 Å². The molecule has 1 amide bonds. The zero-order valence-corrected chi connectivity index (χ0v) is 17.8. The summed E-state index contributed by atoms with van der Waals surface area (Å²) < 4.78 is 11.3. The number of aromatic nitrogens is 2. The molecule has 0 aliphatic heterocycles. The zero-order valence-electron chi connectivity index (χ0n) is 15.3. The molecule has 0 unspecified atom stereocenters. The van der Waals surface area contributed by atoms with Crippen LogP contribution >= 0.6 is 34.4 Å². The Labute approximate surface area is 169 Å². The molecular weight excluding hydrogens is 406 g/mol. The topological polar surface area (TPSA) is 90.4 Å². The number of thiophene rings is 1. The number of ether oxygens (including phenoxy) is 2. The highest BCUT2D eigenvalue weighted by molar-refractivity contribution is 8.01. The normalized spacial score (nSPS) is 13.6. The second kappa shape index (κ2) is 9.03. The molecule has 0 bridgehead atoms. The first kappa shape index (κ1) is 20.1. The van der Waals surface area contributed by atoms with Crippen LogP contribution in [-0.4, -0.2) is 40.5 Å². The number of rotatable bonds is 9. The summed E-state index contributed by atoms with van der Waals surface area (Å²) in [7, 11) is 0. The molecule has 0 atom stereocenters. The number of carbonyl (C=O) groups excluding carboxylic acids is 2. The van der Waals surface area contributed by atoms with Crippen molar-refractivity contribution in [1.29, 1.82) is 0 Å². The Kier molecular flexibility index (Phi) is 6.72. The van der Waals surface area contributed by atoms with Crippen molar-refractivity contribution in [2.75, 3.05) is 17.7 Å². The van der Waals surface area contributed by atoms with E-state index >= 15 is 0 Å². The molecule has 1 saturated carbocycles. The number of anilines is 1. The van der Waals surface area contributed by atoms with Crippen molar-refractivity contribution in [2.45, 2.75) is 50.0 Å². The first-order chi connectivity index (χ1) is 13.0. The summed E-state index contributed by atoms with van der Waals surface area (Å²) in [5, 5.41) is 13.8. The molecule has 1 aliphatic carbocycles. The van der Waals surface area contributed by atoms with Crippen LogP contribution in [0.2, 0.25) is 0 Å². The van der Waals surface area contributed by atoms with Gasteiger partial charge in [0.05, 0.1) is 24.0 Å². The van der Waals surface area contributed by atoms with E-state index < -0.39 is 0 Å². The molecule has 3 rings (SSSR count). The number of hydrogen-bond donors (Lipinski definition) is 1. The predicted molar refractivity (Wildman–Crippen MR) is 107 cm³/mol. The molecule has 10 heteroatoms. The van der Waals surface area contributed by atoms with Gasteiger partial charge in [0.2, 0.25) is 5.91 Å². The summed E-state index contributed by atoms with van der Waals surface area (Å²) in [6.07, 6.45) is 2.17. The van der Waals surface area contributed by atoms with Crippen LogP contribution in [0.1, 0.15) is 55.5 Å². The maximum atomic E-state index is 12.3. The van der Waals surface area contributed by atoms with Gasteiger partial charge in [0, 0.05) is 0 Å². The van der Waals surface area contributed by atoms with Crippen molar-refractivity contribution >= 4 is 51.3 Å². The zero-order chi connectivity index (χ0) is 19.4. The molecule has 1 N–H and O–H groups in total. The second-order valence-corrected chi connectivity index (χ2v) is 9.27. The van der Waals surface area contributed by atoms with Crippen LogP contribution in [-0.2, 0) is 9.53 Å². The van der Waals surface area contributed by atoms with Crippen molar-refractivity contribution in [3.05, 3.63) is 16.5 Å². The van der Waals surface area contributed by atoms with Gasteiger partial charge in [-0.3, -0.25) is 4.79 Å². The molecule has 2 aromatic heterocycles. The van der Waals surface area contributed by atoms with E-state index in [9.17, 15) is 9.59 Å². The first-order valence-corrected chi connectivity index (χ1v) is 11.4. The van der Waals surface area contributed by atoms with Gasteiger partial charge in [-0.15, -0.1) is 16.4 Å². The van der Waals surface area contributed by atoms with E-state index in [0.717, 1.165) is 18.4 Å². The lowest BCUT2D eigenvalue weighted by Crippen LogP contribution is -2.16. The fourth-order valence-electron chi connectivity index (χ4n) is 2.37. The average Bonchev–Trinajstić information content (AvgIpc) is 3.22. The van der Waals surface area contributed by atoms with Crippen LogP contribution in [0.25, 0.3) is 0 Å². The average molecular weight is 428 g/mol. The van der Waals surface area contributed by atoms with E-state index in [1.165, 1.54) is 34.4 Å². The maximum Gasteiger partial charge on any atom is 0.341 e. The van der Waals surface area contributed by atoms with E-state index in [0.29, 0.717) is 32.6 Å². The number of nitrogens with zero attached hydrogens (tertiary/aromatic N) is 2. The monoisotopic (exact) mass is 427 g/mol. The van der Waals surface area contributed by atoms with E-state index in [1.807, 2.05) is 19.2 Å². The molecule has 0 aromatic carbocycles. The minimum absolute atomic E-state index is 0.0277. The van der Waals surface area contributed by atoms with Crippen molar-refractivity contribution in [3.63, 3.8) is 0 Å². The molecular formula is C17H21N3O4S3. The van der Waals surface area contributed by atoms with Gasteiger partial charge in [0.1, 0.15) is 5.00 Å². The number of hydrogen-bond acceptors (Lipinski definition) is 9. The van der Waals surface area contributed by atoms with Crippen LogP contribution in [0.3, 0.4) is 0 Å². The van der Waals surface area contributed by atoms with Gasteiger partial charge in [-0.2, -0.15) is 0 Å². The maximum absolute atomic E-state index is 12.3. The fourth-order valence-corrected chi connectivity index (χ4v) is 5.02. The van der Waals surface area contributed by atoms with Gasteiger partial charge < -0.3 is 14.8 Å². The third-order valence-corrected chi connectivity index (χ3v) is 6.48. The smallest absolute Gasteiger partial charge is 0.341 e. The largest absolute Gasteiger partial charge is 0.466 e. The first-order valence-electron chi connectivity index (χ1n) is 8.69. The summed E-state index contributed by atoms with van der Waals surface area (Å²) in [6, 6.07) is 0. The van der Waals surface area contributed by atoms with Crippen molar-refractivity contribution < 1.29 is 19.1 Å². The molecule has 2 aromatic rings. The van der Waals surface area contributed by atoms with Crippen LogP contribution in [0.15, 0.2) is 9.72 Å². The molecule has 1 aliphatic rings.